The lowest BCUT2D eigenvalue weighted by atomic mass is 9.96. The zero-order valence-electron chi connectivity index (χ0n) is 12.9. The van der Waals surface area contributed by atoms with Gasteiger partial charge in [-0.25, -0.2) is 0 Å². The van der Waals surface area contributed by atoms with E-state index in [0.29, 0.717) is 6.04 Å². The highest BCUT2D eigenvalue weighted by Crippen LogP contribution is 2.24. The molecule has 0 aromatic carbocycles. The number of nitrogens with one attached hydrogen (secondary N) is 1. The molecule has 0 aromatic rings. The van der Waals surface area contributed by atoms with Gasteiger partial charge in [0.05, 0.1) is 5.54 Å². The number of carbonyl (C=O) groups is 1. The fourth-order valence-corrected chi connectivity index (χ4v) is 2.94. The Hall–Kier alpha value is -0.610. The van der Waals surface area contributed by atoms with E-state index < -0.39 is 5.54 Å². The molecular formula is C15H31N3O. The number of nitrogens with two attached hydrogens (primary N) is 1. The predicted molar refractivity (Wildman–Crippen MR) is 80.0 cm³/mol. The van der Waals surface area contributed by atoms with Crippen LogP contribution >= 0.6 is 0 Å². The lowest BCUT2D eigenvalue weighted by Gasteiger charge is -2.33. The molecule has 1 amide bonds. The van der Waals surface area contributed by atoms with Crippen LogP contribution in [-0.2, 0) is 4.79 Å². The number of hydrogen-bond acceptors (Lipinski definition) is 3. The maximum Gasteiger partial charge on any atom is 0.237 e. The maximum absolute atomic E-state index is 11.7. The molecule has 0 heterocycles. The molecule has 112 valence electrons. The van der Waals surface area contributed by atoms with E-state index in [1.54, 1.807) is 0 Å². The van der Waals surface area contributed by atoms with Crippen molar-refractivity contribution in [2.75, 3.05) is 19.6 Å². The average Bonchev–Trinajstić information content (AvgIpc) is 2.91. The number of hydrogen-bond donors (Lipinski definition) is 2. The molecule has 0 saturated heterocycles. The number of amides is 1. The highest BCUT2D eigenvalue weighted by molar-refractivity contribution is 5.84. The van der Waals surface area contributed by atoms with Crippen LogP contribution in [0, 0.1) is 0 Å². The van der Waals surface area contributed by atoms with Crippen LogP contribution in [0.3, 0.4) is 0 Å². The lowest BCUT2D eigenvalue weighted by Crippen LogP contribution is -2.55. The Morgan fingerprint density at radius 2 is 2.00 bits per heavy atom. The highest BCUT2D eigenvalue weighted by Gasteiger charge is 2.31. The van der Waals surface area contributed by atoms with Crippen molar-refractivity contribution in [2.45, 2.75) is 70.9 Å². The summed E-state index contributed by atoms with van der Waals surface area (Å²) in [6.07, 6.45) is 7.13. The van der Waals surface area contributed by atoms with Crippen molar-refractivity contribution in [1.29, 1.82) is 0 Å². The van der Waals surface area contributed by atoms with Gasteiger partial charge in [0.25, 0.3) is 0 Å². The van der Waals surface area contributed by atoms with Crippen molar-refractivity contribution in [2.24, 2.45) is 5.73 Å². The van der Waals surface area contributed by atoms with Gasteiger partial charge in [-0.15, -0.1) is 0 Å². The van der Waals surface area contributed by atoms with Crippen LogP contribution < -0.4 is 11.1 Å². The molecule has 3 N–H and O–H groups in total. The number of rotatable bonds is 9. The quantitative estimate of drug-likeness (QED) is 0.672. The summed E-state index contributed by atoms with van der Waals surface area (Å²) in [6.45, 7) is 9.11. The van der Waals surface area contributed by atoms with Crippen molar-refractivity contribution in [1.82, 2.24) is 10.2 Å². The van der Waals surface area contributed by atoms with Crippen LogP contribution in [0.1, 0.15) is 59.3 Å². The van der Waals surface area contributed by atoms with Gasteiger partial charge in [-0.05, 0) is 45.7 Å². The minimum atomic E-state index is -0.567. The van der Waals surface area contributed by atoms with Gasteiger partial charge in [0.1, 0.15) is 0 Å². The average molecular weight is 269 g/mol. The van der Waals surface area contributed by atoms with Crippen LogP contribution in [0.15, 0.2) is 0 Å². The third-order valence-electron chi connectivity index (χ3n) is 4.46. The molecule has 0 aliphatic heterocycles. The van der Waals surface area contributed by atoms with E-state index in [9.17, 15) is 4.79 Å². The maximum atomic E-state index is 11.7. The molecule has 0 radical (unpaired) electrons. The minimum absolute atomic E-state index is 0.233. The van der Waals surface area contributed by atoms with Crippen molar-refractivity contribution >= 4 is 5.91 Å². The van der Waals surface area contributed by atoms with E-state index in [4.69, 9.17) is 5.73 Å². The second-order valence-electron chi connectivity index (χ2n) is 5.94. The van der Waals surface area contributed by atoms with E-state index in [-0.39, 0.29) is 5.91 Å². The molecule has 4 heteroatoms. The van der Waals surface area contributed by atoms with Gasteiger partial charge in [-0.1, -0.05) is 26.7 Å². The largest absolute Gasteiger partial charge is 0.368 e. The van der Waals surface area contributed by atoms with E-state index in [0.717, 1.165) is 32.5 Å². The molecule has 0 spiro atoms. The van der Waals surface area contributed by atoms with E-state index in [1.165, 1.54) is 25.7 Å². The van der Waals surface area contributed by atoms with Crippen molar-refractivity contribution in [3.63, 3.8) is 0 Å². The van der Waals surface area contributed by atoms with Gasteiger partial charge < -0.3 is 16.0 Å². The Labute approximate surface area is 118 Å². The molecule has 19 heavy (non-hydrogen) atoms. The Morgan fingerprint density at radius 3 is 2.47 bits per heavy atom. The third-order valence-corrected chi connectivity index (χ3v) is 4.46. The summed E-state index contributed by atoms with van der Waals surface area (Å²) in [4.78, 5) is 14.2. The zero-order chi connectivity index (χ0) is 14.3. The van der Waals surface area contributed by atoms with Crippen LogP contribution in [0.5, 0.6) is 0 Å². The molecule has 0 aromatic heterocycles. The van der Waals surface area contributed by atoms with E-state index >= 15 is 0 Å². The number of primary amides is 1. The van der Waals surface area contributed by atoms with Crippen LogP contribution in [0.2, 0.25) is 0 Å². The first-order valence-electron chi connectivity index (χ1n) is 7.82. The van der Waals surface area contributed by atoms with Crippen molar-refractivity contribution < 1.29 is 4.79 Å². The van der Waals surface area contributed by atoms with Crippen LogP contribution in [-0.4, -0.2) is 42.0 Å². The topological polar surface area (TPSA) is 58.4 Å². The van der Waals surface area contributed by atoms with Crippen molar-refractivity contribution in [3.8, 4) is 0 Å². The summed E-state index contributed by atoms with van der Waals surface area (Å²) in [5.41, 5.74) is 5.01. The molecule has 1 rings (SSSR count). The van der Waals surface area contributed by atoms with Gasteiger partial charge >= 0.3 is 0 Å². The minimum Gasteiger partial charge on any atom is -0.368 e. The summed E-state index contributed by atoms with van der Waals surface area (Å²) in [5.74, 6) is -0.233. The smallest absolute Gasteiger partial charge is 0.237 e. The monoisotopic (exact) mass is 269 g/mol. The first-order chi connectivity index (χ1) is 9.03. The summed E-state index contributed by atoms with van der Waals surface area (Å²) < 4.78 is 0. The standard InChI is InChI=1S/C15H31N3O/c1-4-11-17-15(3,14(16)19)10-12-18(5-2)13-8-6-7-9-13/h13,17H,4-12H2,1-3H3,(H2,16,19). The first-order valence-corrected chi connectivity index (χ1v) is 7.82. The van der Waals surface area contributed by atoms with Gasteiger partial charge in [0.2, 0.25) is 5.91 Å². The number of nitrogens with zero attached hydrogens (tertiary/aromatic N) is 1. The molecule has 1 saturated carbocycles. The molecule has 1 aliphatic carbocycles. The van der Waals surface area contributed by atoms with E-state index in [1.807, 2.05) is 6.92 Å². The highest BCUT2D eigenvalue weighted by atomic mass is 16.1. The molecule has 1 aliphatic rings. The summed E-state index contributed by atoms with van der Waals surface area (Å²) in [6, 6.07) is 0.716. The van der Waals surface area contributed by atoms with Gasteiger partial charge in [-0.2, -0.15) is 0 Å². The predicted octanol–water partition coefficient (Wildman–Crippen LogP) is 1.88. The Morgan fingerprint density at radius 1 is 1.37 bits per heavy atom. The zero-order valence-corrected chi connectivity index (χ0v) is 12.9. The molecule has 1 fully saturated rings. The Bertz CT molecular complexity index is 277. The lowest BCUT2D eigenvalue weighted by molar-refractivity contribution is -0.124. The summed E-state index contributed by atoms with van der Waals surface area (Å²) in [7, 11) is 0. The fraction of sp³-hybridized carbons (Fsp3) is 0.933. The summed E-state index contributed by atoms with van der Waals surface area (Å²) >= 11 is 0. The molecule has 1 unspecified atom stereocenters. The fourth-order valence-electron chi connectivity index (χ4n) is 2.94. The van der Waals surface area contributed by atoms with Gasteiger partial charge in [-0.3, -0.25) is 4.79 Å². The molecule has 1 atom stereocenters. The Kier molecular flexibility index (Phi) is 6.80. The number of carbonyl (C=O) groups excluding carboxylic acids is 1. The van der Waals surface area contributed by atoms with Crippen LogP contribution in [0.4, 0.5) is 0 Å². The summed E-state index contributed by atoms with van der Waals surface area (Å²) in [5, 5.41) is 3.31. The normalized spacial score (nSPS) is 19.8. The molecule has 0 bridgehead atoms. The molecule has 4 nitrogen and oxygen atoms in total. The van der Waals surface area contributed by atoms with Gasteiger partial charge in [0, 0.05) is 12.6 Å². The van der Waals surface area contributed by atoms with Crippen LogP contribution in [0.25, 0.3) is 0 Å². The SMILES string of the molecule is CCCNC(C)(CCN(CC)C1CCCC1)C(N)=O. The second-order valence-corrected chi connectivity index (χ2v) is 5.94. The third kappa shape index (κ3) is 4.77. The van der Waals surface area contributed by atoms with Crippen molar-refractivity contribution in [3.05, 3.63) is 0 Å². The first kappa shape index (κ1) is 16.4. The van der Waals surface area contributed by atoms with Gasteiger partial charge in [0.15, 0.2) is 0 Å². The second kappa shape index (κ2) is 7.85. The molecular weight excluding hydrogens is 238 g/mol. The Balaban J connectivity index is 2.51. The van der Waals surface area contributed by atoms with E-state index in [2.05, 4.69) is 24.1 Å².